The van der Waals surface area contributed by atoms with Crippen LogP contribution in [0.3, 0.4) is 0 Å². The van der Waals surface area contributed by atoms with E-state index >= 15 is 0 Å². The van der Waals surface area contributed by atoms with E-state index in [1.807, 2.05) is 36.5 Å². The lowest BCUT2D eigenvalue weighted by Crippen LogP contribution is -2.40. The first-order chi connectivity index (χ1) is 19.3. The lowest BCUT2D eigenvalue weighted by Gasteiger charge is -2.26. The molecule has 0 N–H and O–H groups in total. The number of morpholine rings is 1. The Bertz CT molecular complexity index is 1720. The van der Waals surface area contributed by atoms with E-state index in [2.05, 4.69) is 4.57 Å². The van der Waals surface area contributed by atoms with Gasteiger partial charge in [0.1, 0.15) is 18.2 Å². The number of halogens is 1. The molecule has 0 bridgehead atoms. The molecule has 1 amide bonds. The Labute approximate surface area is 231 Å². The molecule has 1 fully saturated rings. The van der Waals surface area contributed by atoms with Crippen molar-refractivity contribution in [2.75, 3.05) is 44.9 Å². The van der Waals surface area contributed by atoms with Crippen LogP contribution in [0.4, 0.5) is 10.1 Å². The lowest BCUT2D eigenvalue weighted by molar-refractivity contribution is -0.112. The lowest BCUT2D eigenvalue weighted by atomic mass is 10.0. The number of likely N-dealkylation sites (N-methyl/N-ethyl adjacent to an activating group) is 1. The van der Waals surface area contributed by atoms with E-state index in [1.54, 1.807) is 42.3 Å². The predicted molar refractivity (Wildman–Crippen MR) is 151 cm³/mol. The number of ether oxygens (including phenoxy) is 2. The second-order valence-electron chi connectivity index (χ2n) is 9.71. The number of sulfonamides is 1. The van der Waals surface area contributed by atoms with Crippen LogP contribution in [0.5, 0.6) is 5.75 Å². The second kappa shape index (κ2) is 10.5. The topological polar surface area (TPSA) is 81.1 Å². The maximum Gasteiger partial charge on any atom is 0.258 e. The van der Waals surface area contributed by atoms with E-state index in [-0.39, 0.29) is 16.6 Å². The van der Waals surface area contributed by atoms with Gasteiger partial charge in [-0.05, 0) is 54.6 Å². The van der Waals surface area contributed by atoms with Crippen molar-refractivity contribution in [3.63, 3.8) is 0 Å². The highest BCUT2D eigenvalue weighted by Crippen LogP contribution is 2.39. The molecule has 3 heterocycles. The molecule has 6 rings (SSSR count). The van der Waals surface area contributed by atoms with Crippen LogP contribution in [0.2, 0.25) is 0 Å². The van der Waals surface area contributed by atoms with E-state index in [4.69, 9.17) is 9.47 Å². The third-order valence-corrected chi connectivity index (χ3v) is 9.19. The van der Waals surface area contributed by atoms with Gasteiger partial charge in [-0.3, -0.25) is 4.79 Å². The van der Waals surface area contributed by atoms with Crippen molar-refractivity contribution in [2.24, 2.45) is 0 Å². The molecule has 0 radical (unpaired) electrons. The molecule has 0 atom stereocenters. The van der Waals surface area contributed by atoms with Crippen LogP contribution in [0.15, 0.2) is 77.8 Å². The molecule has 0 spiro atoms. The van der Waals surface area contributed by atoms with Crippen LogP contribution in [-0.2, 0) is 26.1 Å². The quantitative estimate of drug-likeness (QED) is 0.313. The van der Waals surface area contributed by atoms with Crippen molar-refractivity contribution >= 4 is 44.2 Å². The smallest absolute Gasteiger partial charge is 0.258 e. The molecule has 4 aromatic rings. The van der Waals surface area contributed by atoms with Crippen LogP contribution in [0.25, 0.3) is 22.6 Å². The van der Waals surface area contributed by atoms with Gasteiger partial charge in [0.15, 0.2) is 0 Å². The number of hydrogen-bond acceptors (Lipinski definition) is 5. The Morgan fingerprint density at radius 2 is 1.77 bits per heavy atom. The first kappa shape index (κ1) is 26.2. The first-order valence-corrected chi connectivity index (χ1v) is 14.5. The minimum absolute atomic E-state index is 0.155. The van der Waals surface area contributed by atoms with Crippen molar-refractivity contribution in [2.45, 2.75) is 11.4 Å². The Balaban J connectivity index is 1.34. The molecular weight excluding hydrogens is 533 g/mol. The number of anilines is 1. The summed E-state index contributed by atoms with van der Waals surface area (Å²) in [5, 5.41) is 0.956. The summed E-state index contributed by atoms with van der Waals surface area (Å²) in [6.45, 7) is 2.21. The van der Waals surface area contributed by atoms with Gasteiger partial charge in [0, 0.05) is 53.9 Å². The fourth-order valence-electron chi connectivity index (χ4n) is 5.19. The van der Waals surface area contributed by atoms with Gasteiger partial charge >= 0.3 is 0 Å². The van der Waals surface area contributed by atoms with Crippen LogP contribution in [-0.4, -0.2) is 63.2 Å². The van der Waals surface area contributed by atoms with Crippen LogP contribution >= 0.6 is 0 Å². The zero-order chi connectivity index (χ0) is 27.9. The van der Waals surface area contributed by atoms with E-state index in [9.17, 15) is 17.6 Å². The fraction of sp³-hybridized carbons (Fsp3) is 0.233. The highest BCUT2D eigenvalue weighted by molar-refractivity contribution is 7.89. The normalized spacial score (nSPS) is 17.1. The number of carbonyl (C=O) groups excluding carboxylic acids is 1. The molecule has 40 heavy (non-hydrogen) atoms. The van der Waals surface area contributed by atoms with Crippen LogP contribution < -0.4 is 9.64 Å². The molecule has 3 aromatic carbocycles. The standard InChI is InChI=1S/C30H28FN3O5S/c1-32-28-11-10-24(40(36,37)34-13-15-38-16-14-34)19-26(28)27(30(32)35)18-21-20-33(29-5-3-2-4-25(21)29)12-17-39-23-8-6-22(31)7-9-23/h2-11,18-20H,12-17H2,1H3/b27-18-. The van der Waals surface area contributed by atoms with Gasteiger partial charge in [-0.15, -0.1) is 0 Å². The molecule has 2 aliphatic rings. The van der Waals surface area contributed by atoms with Crippen LogP contribution in [0.1, 0.15) is 11.1 Å². The largest absolute Gasteiger partial charge is 0.492 e. The minimum atomic E-state index is -3.72. The van der Waals surface area contributed by atoms with E-state index < -0.39 is 10.0 Å². The van der Waals surface area contributed by atoms with Crippen molar-refractivity contribution in [3.05, 3.63) is 89.9 Å². The van der Waals surface area contributed by atoms with Gasteiger partial charge in [-0.2, -0.15) is 4.31 Å². The number of rotatable bonds is 7. The number of carbonyl (C=O) groups is 1. The van der Waals surface area contributed by atoms with Crippen molar-refractivity contribution < 1.29 is 27.1 Å². The van der Waals surface area contributed by atoms with Gasteiger partial charge in [0.05, 0.1) is 30.3 Å². The molecule has 1 saturated heterocycles. The van der Waals surface area contributed by atoms with Gasteiger partial charge in [0.25, 0.3) is 5.91 Å². The number of hydrogen-bond donors (Lipinski definition) is 0. The molecule has 8 nitrogen and oxygen atoms in total. The summed E-state index contributed by atoms with van der Waals surface area (Å²) in [7, 11) is -2.03. The predicted octanol–water partition coefficient (Wildman–Crippen LogP) is 4.40. The summed E-state index contributed by atoms with van der Waals surface area (Å²) >= 11 is 0. The van der Waals surface area contributed by atoms with Crippen LogP contribution in [0, 0.1) is 5.82 Å². The third kappa shape index (κ3) is 4.78. The Morgan fingerprint density at radius 1 is 1.02 bits per heavy atom. The maximum atomic E-state index is 13.4. The number of amides is 1. The second-order valence-corrected chi connectivity index (χ2v) is 11.7. The number of nitrogens with zero attached hydrogens (tertiary/aromatic N) is 3. The van der Waals surface area contributed by atoms with Crippen molar-refractivity contribution in [1.82, 2.24) is 8.87 Å². The molecular formula is C30H28FN3O5S. The van der Waals surface area contributed by atoms with Gasteiger partial charge < -0.3 is 18.9 Å². The van der Waals surface area contributed by atoms with Crippen molar-refractivity contribution in [1.29, 1.82) is 0 Å². The number of aromatic nitrogens is 1. The zero-order valence-corrected chi connectivity index (χ0v) is 22.7. The fourth-order valence-corrected chi connectivity index (χ4v) is 6.62. The molecule has 1 aromatic heterocycles. The molecule has 2 aliphatic heterocycles. The van der Waals surface area contributed by atoms with E-state index in [0.29, 0.717) is 62.0 Å². The summed E-state index contributed by atoms with van der Waals surface area (Å²) in [6, 6.07) is 18.6. The Kier molecular flexibility index (Phi) is 6.91. The molecule has 0 aliphatic carbocycles. The number of para-hydroxylation sites is 1. The average Bonchev–Trinajstić information content (AvgIpc) is 3.44. The first-order valence-electron chi connectivity index (χ1n) is 13.0. The monoisotopic (exact) mass is 561 g/mol. The summed E-state index contributed by atoms with van der Waals surface area (Å²) in [6.07, 6.45) is 3.79. The summed E-state index contributed by atoms with van der Waals surface area (Å²) in [4.78, 5) is 15.1. The number of fused-ring (bicyclic) bond motifs is 2. The highest BCUT2D eigenvalue weighted by Gasteiger charge is 2.33. The SMILES string of the molecule is CN1C(=O)/C(=C\c2cn(CCOc3ccc(F)cc3)c3ccccc23)c2cc(S(=O)(=O)N3CCOCC3)ccc21. The summed E-state index contributed by atoms with van der Waals surface area (Å²) < 4.78 is 54.4. The van der Waals surface area contributed by atoms with Gasteiger partial charge in [0.2, 0.25) is 10.0 Å². The zero-order valence-electron chi connectivity index (χ0n) is 21.9. The van der Waals surface area contributed by atoms with E-state index in [0.717, 1.165) is 16.5 Å². The summed E-state index contributed by atoms with van der Waals surface area (Å²) in [5.74, 6) is 0.0626. The molecule has 0 unspecified atom stereocenters. The van der Waals surface area contributed by atoms with Crippen molar-refractivity contribution in [3.8, 4) is 5.75 Å². The number of benzene rings is 3. The minimum Gasteiger partial charge on any atom is -0.492 e. The average molecular weight is 562 g/mol. The Morgan fingerprint density at radius 3 is 2.55 bits per heavy atom. The third-order valence-electron chi connectivity index (χ3n) is 7.30. The highest BCUT2D eigenvalue weighted by atomic mass is 32.2. The van der Waals surface area contributed by atoms with Gasteiger partial charge in [-0.25, -0.2) is 12.8 Å². The molecule has 0 saturated carbocycles. The Hall–Kier alpha value is -3.99. The molecule has 206 valence electrons. The van der Waals surface area contributed by atoms with E-state index in [1.165, 1.54) is 16.4 Å². The summed E-state index contributed by atoms with van der Waals surface area (Å²) in [5.41, 5.74) is 3.48. The van der Waals surface area contributed by atoms with Gasteiger partial charge in [-0.1, -0.05) is 18.2 Å². The molecule has 10 heteroatoms. The maximum absolute atomic E-state index is 13.4.